The van der Waals surface area contributed by atoms with Gasteiger partial charge in [-0.1, -0.05) is 318 Å². The molecule has 0 saturated carbocycles. The molecule has 2 unspecified atom stereocenters. The van der Waals surface area contributed by atoms with Crippen LogP contribution in [0.15, 0.2) is 0 Å². The molecule has 0 aliphatic carbocycles. The average molecular weight is 1350 g/mol. The van der Waals surface area contributed by atoms with Crippen molar-refractivity contribution in [2.24, 2.45) is 17.8 Å². The molecule has 0 bridgehead atoms. The van der Waals surface area contributed by atoms with Crippen LogP contribution in [-0.4, -0.2) is 96.7 Å². The second kappa shape index (κ2) is 63.8. The highest BCUT2D eigenvalue weighted by Gasteiger charge is 2.30. The van der Waals surface area contributed by atoms with E-state index in [-0.39, 0.29) is 25.7 Å². The van der Waals surface area contributed by atoms with E-state index < -0.39 is 97.5 Å². The first-order valence-corrected chi connectivity index (χ1v) is 40.8. The van der Waals surface area contributed by atoms with Crippen molar-refractivity contribution in [1.29, 1.82) is 0 Å². The third kappa shape index (κ3) is 66.7. The normalized spacial score (nSPS) is 14.1. The van der Waals surface area contributed by atoms with Crippen molar-refractivity contribution in [1.82, 2.24) is 0 Å². The van der Waals surface area contributed by atoms with E-state index in [2.05, 4.69) is 48.5 Å². The molecule has 0 heterocycles. The molecule has 17 nitrogen and oxygen atoms in total. The van der Waals surface area contributed by atoms with E-state index in [1.165, 1.54) is 180 Å². The lowest BCUT2D eigenvalue weighted by atomic mass is 10.0. The Balaban J connectivity index is 5.26. The van der Waals surface area contributed by atoms with Gasteiger partial charge in [0.05, 0.1) is 26.4 Å². The van der Waals surface area contributed by atoms with Gasteiger partial charge in [0.25, 0.3) is 0 Å². The minimum atomic E-state index is -4.95. The fraction of sp³-hybridized carbons (Fsp3) is 0.945. The number of unbranched alkanes of at least 4 members (excludes halogenated alkanes) is 39. The first-order chi connectivity index (χ1) is 44.2. The predicted molar refractivity (Wildman–Crippen MR) is 372 cm³/mol. The summed E-state index contributed by atoms with van der Waals surface area (Å²) in [7, 11) is -9.91. The molecule has 0 spiro atoms. The van der Waals surface area contributed by atoms with E-state index >= 15 is 0 Å². The van der Waals surface area contributed by atoms with Crippen molar-refractivity contribution in [2.45, 2.75) is 388 Å². The van der Waals surface area contributed by atoms with Gasteiger partial charge in [0.15, 0.2) is 12.2 Å². The lowest BCUT2D eigenvalue weighted by Crippen LogP contribution is -2.30. The van der Waals surface area contributed by atoms with Crippen molar-refractivity contribution in [3.8, 4) is 0 Å². The van der Waals surface area contributed by atoms with Crippen LogP contribution in [0.3, 0.4) is 0 Å². The smallest absolute Gasteiger partial charge is 0.462 e. The molecule has 0 aliphatic heterocycles. The number of carbonyl (C=O) groups is 4. The molecule has 0 aliphatic rings. The molecule has 0 rings (SSSR count). The summed E-state index contributed by atoms with van der Waals surface area (Å²) in [5.74, 6) is 0.181. The van der Waals surface area contributed by atoms with Crippen molar-refractivity contribution in [3.63, 3.8) is 0 Å². The largest absolute Gasteiger partial charge is 0.472 e. The molecule has 546 valence electrons. The average Bonchev–Trinajstić information content (AvgIpc) is 3.64. The summed E-state index contributed by atoms with van der Waals surface area (Å²) >= 11 is 0. The molecule has 5 atom stereocenters. The number of hydrogen-bond donors (Lipinski definition) is 3. The third-order valence-electron chi connectivity index (χ3n) is 16.9. The Hall–Kier alpha value is -1.94. The number of phosphoric ester groups is 2. The maximum atomic E-state index is 13.0. The minimum absolute atomic E-state index is 0.106. The quantitative estimate of drug-likeness (QED) is 0.0222. The Labute approximate surface area is 562 Å². The molecule has 92 heavy (non-hydrogen) atoms. The van der Waals surface area contributed by atoms with Crippen LogP contribution in [0.4, 0.5) is 0 Å². The summed E-state index contributed by atoms with van der Waals surface area (Å²) < 4.78 is 68.4. The zero-order valence-electron chi connectivity index (χ0n) is 60.0. The van der Waals surface area contributed by atoms with Crippen molar-refractivity contribution < 1.29 is 80.2 Å². The number of carbonyl (C=O) groups excluding carboxylic acids is 4. The van der Waals surface area contributed by atoms with Crippen LogP contribution < -0.4 is 0 Å². The van der Waals surface area contributed by atoms with E-state index in [1.807, 2.05) is 0 Å². The van der Waals surface area contributed by atoms with Gasteiger partial charge < -0.3 is 33.8 Å². The van der Waals surface area contributed by atoms with Gasteiger partial charge in [0, 0.05) is 25.7 Å². The molecule has 0 amide bonds. The summed E-state index contributed by atoms with van der Waals surface area (Å²) in [6.07, 6.45) is 48.4. The molecule has 0 aromatic rings. The van der Waals surface area contributed by atoms with Crippen molar-refractivity contribution in [2.75, 3.05) is 39.6 Å². The Kier molecular flexibility index (Phi) is 62.4. The highest BCUT2D eigenvalue weighted by molar-refractivity contribution is 7.47. The molecule has 3 N–H and O–H groups in total. The first-order valence-electron chi connectivity index (χ1n) is 37.8. The first kappa shape index (κ1) is 90.1. The maximum absolute atomic E-state index is 13.0. The molecular formula is C73H142O17P2. The number of aliphatic hydroxyl groups excluding tert-OH is 1. The number of esters is 4. The predicted octanol–water partition coefficient (Wildman–Crippen LogP) is 21.0. The SMILES string of the molecule is CCCCCCCCCCCCC(=O)OC[C@H](COP(=O)(O)OC[C@H](O)COP(=O)(O)OC[C@@H](COC(=O)CCCCCCCCCCCCCC(C)C)OC(=O)CCCCCCCCCCCCCC(C)C)OC(=O)CCCCCCCCCCCCCC(C)C. The van der Waals surface area contributed by atoms with E-state index in [1.54, 1.807) is 0 Å². The van der Waals surface area contributed by atoms with Gasteiger partial charge in [0.2, 0.25) is 0 Å². The fourth-order valence-corrected chi connectivity index (χ4v) is 12.7. The molecule has 0 aromatic heterocycles. The van der Waals surface area contributed by atoms with Gasteiger partial charge in [-0.3, -0.25) is 37.3 Å². The zero-order valence-corrected chi connectivity index (χ0v) is 61.8. The number of phosphoric acid groups is 2. The van der Waals surface area contributed by atoms with Gasteiger partial charge >= 0.3 is 39.5 Å². The summed E-state index contributed by atoms with van der Waals surface area (Å²) in [5, 5.41) is 10.6. The van der Waals surface area contributed by atoms with E-state index in [0.29, 0.717) is 25.7 Å². The lowest BCUT2D eigenvalue weighted by Gasteiger charge is -2.21. The van der Waals surface area contributed by atoms with E-state index in [4.69, 9.17) is 37.0 Å². The summed E-state index contributed by atoms with van der Waals surface area (Å²) in [4.78, 5) is 72.7. The van der Waals surface area contributed by atoms with Crippen LogP contribution in [-0.2, 0) is 65.4 Å². The second-order valence-electron chi connectivity index (χ2n) is 27.8. The summed E-state index contributed by atoms with van der Waals surface area (Å²) in [5.41, 5.74) is 0. The topological polar surface area (TPSA) is 237 Å². The Morgan fingerprint density at radius 3 is 0.739 bits per heavy atom. The van der Waals surface area contributed by atoms with Gasteiger partial charge in [-0.15, -0.1) is 0 Å². The standard InChI is InChI=1S/C73H142O17P2/c1-8-9-10-11-12-13-26-33-40-47-54-70(75)83-60-68(89-72(77)56-49-42-35-28-21-15-18-24-31-38-45-52-65(4)5)62-87-91(79,80)85-58-67(74)59-86-92(81,82)88-63-69(90-73(78)57-50-43-36-29-22-16-19-25-32-39-46-53-66(6)7)61-84-71(76)55-48-41-34-27-20-14-17-23-30-37-44-51-64(2)3/h64-69,74H,8-63H2,1-7H3,(H,79,80)(H,81,82)/t67-,68+,69+/m0/s1. The lowest BCUT2D eigenvalue weighted by molar-refractivity contribution is -0.161. The van der Waals surface area contributed by atoms with Gasteiger partial charge in [0.1, 0.15) is 19.3 Å². The summed E-state index contributed by atoms with van der Waals surface area (Å²) in [6, 6.07) is 0. The molecule has 0 aromatic carbocycles. The van der Waals surface area contributed by atoms with Crippen LogP contribution in [0.2, 0.25) is 0 Å². The molecule has 0 radical (unpaired) electrons. The number of rotatable bonds is 71. The number of ether oxygens (including phenoxy) is 4. The highest BCUT2D eigenvalue weighted by atomic mass is 31.2. The summed E-state index contributed by atoms with van der Waals surface area (Å²) in [6.45, 7) is 11.9. The minimum Gasteiger partial charge on any atom is -0.462 e. The Bertz CT molecular complexity index is 1800. The molecule has 19 heteroatoms. The highest BCUT2D eigenvalue weighted by Crippen LogP contribution is 2.45. The molecular weight excluding hydrogens is 1210 g/mol. The second-order valence-corrected chi connectivity index (χ2v) is 30.7. The van der Waals surface area contributed by atoms with Crippen LogP contribution in [0.25, 0.3) is 0 Å². The number of aliphatic hydroxyl groups is 1. The van der Waals surface area contributed by atoms with Gasteiger partial charge in [-0.2, -0.15) is 0 Å². The molecule has 0 fully saturated rings. The van der Waals surface area contributed by atoms with E-state index in [9.17, 15) is 43.2 Å². The Morgan fingerprint density at radius 1 is 0.293 bits per heavy atom. The molecule has 0 saturated heterocycles. The van der Waals surface area contributed by atoms with Gasteiger partial charge in [-0.05, 0) is 43.4 Å². The van der Waals surface area contributed by atoms with Crippen molar-refractivity contribution >= 4 is 39.5 Å². The Morgan fingerprint density at radius 2 is 0.500 bits per heavy atom. The monoisotopic (exact) mass is 1350 g/mol. The maximum Gasteiger partial charge on any atom is 0.472 e. The van der Waals surface area contributed by atoms with Crippen LogP contribution in [0.5, 0.6) is 0 Å². The van der Waals surface area contributed by atoms with Crippen LogP contribution in [0, 0.1) is 17.8 Å². The number of hydrogen-bond acceptors (Lipinski definition) is 15. The van der Waals surface area contributed by atoms with E-state index in [0.717, 1.165) is 108 Å². The van der Waals surface area contributed by atoms with Crippen LogP contribution in [0.1, 0.15) is 370 Å². The fourth-order valence-electron chi connectivity index (χ4n) is 11.1. The zero-order chi connectivity index (χ0) is 68.0. The van der Waals surface area contributed by atoms with Crippen LogP contribution >= 0.6 is 15.6 Å². The third-order valence-corrected chi connectivity index (χ3v) is 18.8. The van der Waals surface area contributed by atoms with Gasteiger partial charge in [-0.25, -0.2) is 9.13 Å². The van der Waals surface area contributed by atoms with Crippen molar-refractivity contribution in [3.05, 3.63) is 0 Å².